The number of imide groups is 1. The van der Waals surface area contributed by atoms with E-state index < -0.39 is 23.4 Å². The molecule has 1 saturated heterocycles. The first-order valence-corrected chi connectivity index (χ1v) is 7.38. The van der Waals surface area contributed by atoms with Crippen molar-refractivity contribution in [3.8, 4) is 5.75 Å². The zero-order chi connectivity index (χ0) is 17.9. The van der Waals surface area contributed by atoms with E-state index in [0.29, 0.717) is 11.4 Å². The fourth-order valence-corrected chi connectivity index (χ4v) is 2.53. The average molecular weight is 335 g/mol. The Labute approximate surface area is 140 Å². The van der Waals surface area contributed by atoms with E-state index in [0.717, 1.165) is 10.5 Å². The van der Waals surface area contributed by atoms with Gasteiger partial charge in [0.1, 0.15) is 17.8 Å². The number of benzene rings is 1. The van der Waals surface area contributed by atoms with Crippen molar-refractivity contribution in [2.24, 2.45) is 0 Å². The second kappa shape index (κ2) is 6.88. The van der Waals surface area contributed by atoms with Crippen LogP contribution in [0, 0.1) is 6.92 Å². The molecule has 1 fully saturated rings. The Morgan fingerprint density at radius 1 is 1.33 bits per heavy atom. The van der Waals surface area contributed by atoms with Gasteiger partial charge in [0, 0.05) is 7.11 Å². The zero-order valence-corrected chi connectivity index (χ0v) is 14.1. The van der Waals surface area contributed by atoms with E-state index >= 15 is 0 Å². The highest BCUT2D eigenvalue weighted by Crippen LogP contribution is 2.25. The van der Waals surface area contributed by atoms with Crippen LogP contribution in [0.5, 0.6) is 5.75 Å². The lowest BCUT2D eigenvalue weighted by Crippen LogP contribution is -2.48. The third kappa shape index (κ3) is 3.48. The quantitative estimate of drug-likeness (QED) is 0.753. The fourth-order valence-electron chi connectivity index (χ4n) is 2.53. The molecule has 0 aliphatic carbocycles. The Balaban J connectivity index is 2.09. The van der Waals surface area contributed by atoms with Crippen molar-refractivity contribution >= 4 is 23.5 Å². The predicted octanol–water partition coefficient (Wildman–Crippen LogP) is 0.899. The number of hydrogen-bond donors (Lipinski definition) is 2. The molecule has 0 aromatic heterocycles. The second-order valence-electron chi connectivity index (χ2n) is 5.84. The van der Waals surface area contributed by atoms with Gasteiger partial charge in [0.2, 0.25) is 5.91 Å². The Morgan fingerprint density at radius 2 is 2.04 bits per heavy atom. The molecule has 0 spiro atoms. The van der Waals surface area contributed by atoms with Gasteiger partial charge in [0.15, 0.2) is 0 Å². The van der Waals surface area contributed by atoms with Crippen LogP contribution in [0.1, 0.15) is 12.5 Å². The average Bonchev–Trinajstić information content (AvgIpc) is 2.71. The van der Waals surface area contributed by atoms with Crippen molar-refractivity contribution in [2.45, 2.75) is 19.4 Å². The molecule has 0 bridgehead atoms. The summed E-state index contributed by atoms with van der Waals surface area (Å²) in [6, 6.07) is 4.71. The van der Waals surface area contributed by atoms with Crippen LogP contribution in [0.4, 0.5) is 10.5 Å². The van der Waals surface area contributed by atoms with Gasteiger partial charge in [-0.05, 0) is 31.5 Å². The van der Waals surface area contributed by atoms with Crippen molar-refractivity contribution in [3.63, 3.8) is 0 Å². The van der Waals surface area contributed by atoms with Gasteiger partial charge in [-0.3, -0.25) is 14.5 Å². The smallest absolute Gasteiger partial charge is 0.325 e. The lowest BCUT2D eigenvalue weighted by atomic mass is 10.0. The standard InChI is InChI=1S/C16H21N3O5/c1-10-5-6-12(24-4)11(7-10)17-13(20)8-19-14(21)16(2,9-23-3)18-15(19)22/h5-7H,8-9H2,1-4H3,(H,17,20)(H,18,22)/t16-/m1/s1. The fraction of sp³-hybridized carbons (Fsp3) is 0.438. The van der Waals surface area contributed by atoms with Crippen molar-refractivity contribution in [3.05, 3.63) is 23.8 Å². The first kappa shape index (κ1) is 17.7. The molecule has 1 atom stereocenters. The van der Waals surface area contributed by atoms with Crippen LogP contribution in [0.25, 0.3) is 0 Å². The Hall–Kier alpha value is -2.61. The molecule has 130 valence electrons. The van der Waals surface area contributed by atoms with Gasteiger partial charge in [0.05, 0.1) is 19.4 Å². The van der Waals surface area contributed by atoms with Crippen LogP contribution >= 0.6 is 0 Å². The van der Waals surface area contributed by atoms with Gasteiger partial charge in [-0.25, -0.2) is 4.79 Å². The van der Waals surface area contributed by atoms with Gasteiger partial charge in [-0.2, -0.15) is 0 Å². The molecule has 24 heavy (non-hydrogen) atoms. The molecule has 0 radical (unpaired) electrons. The van der Waals surface area contributed by atoms with E-state index in [1.165, 1.54) is 14.2 Å². The number of carbonyl (C=O) groups is 3. The maximum absolute atomic E-state index is 12.4. The summed E-state index contributed by atoms with van der Waals surface area (Å²) in [6.07, 6.45) is 0. The largest absolute Gasteiger partial charge is 0.495 e. The molecule has 4 amide bonds. The number of rotatable bonds is 6. The minimum Gasteiger partial charge on any atom is -0.495 e. The number of nitrogens with one attached hydrogen (secondary N) is 2. The van der Waals surface area contributed by atoms with E-state index in [2.05, 4.69) is 10.6 Å². The Bertz CT molecular complexity index is 676. The van der Waals surface area contributed by atoms with Gasteiger partial charge in [-0.1, -0.05) is 6.07 Å². The number of hydrogen-bond acceptors (Lipinski definition) is 5. The van der Waals surface area contributed by atoms with Gasteiger partial charge < -0.3 is 20.1 Å². The summed E-state index contributed by atoms with van der Waals surface area (Å²) in [5, 5.41) is 5.20. The number of ether oxygens (including phenoxy) is 2. The maximum Gasteiger partial charge on any atom is 0.325 e. The number of aryl methyl sites for hydroxylation is 1. The van der Waals surface area contributed by atoms with E-state index in [9.17, 15) is 14.4 Å². The Kier molecular flexibility index (Phi) is 5.08. The summed E-state index contributed by atoms with van der Waals surface area (Å²) >= 11 is 0. The van der Waals surface area contributed by atoms with Gasteiger partial charge in [-0.15, -0.1) is 0 Å². The van der Waals surface area contributed by atoms with E-state index in [1.54, 1.807) is 19.1 Å². The molecule has 8 heteroatoms. The number of anilines is 1. The van der Waals surface area contributed by atoms with Crippen LogP contribution < -0.4 is 15.4 Å². The van der Waals surface area contributed by atoms with Gasteiger partial charge >= 0.3 is 6.03 Å². The zero-order valence-electron chi connectivity index (χ0n) is 14.1. The van der Waals surface area contributed by atoms with Crippen LogP contribution in [-0.2, 0) is 14.3 Å². The summed E-state index contributed by atoms with van der Waals surface area (Å²) in [7, 11) is 2.93. The minimum atomic E-state index is -1.16. The minimum absolute atomic E-state index is 0.0292. The number of amides is 4. The Morgan fingerprint density at radius 3 is 2.67 bits per heavy atom. The summed E-state index contributed by atoms with van der Waals surface area (Å²) < 4.78 is 10.1. The molecule has 1 aliphatic rings. The lowest BCUT2D eigenvalue weighted by molar-refractivity contribution is -0.134. The summed E-state index contributed by atoms with van der Waals surface area (Å²) in [4.78, 5) is 37.4. The molecule has 1 aliphatic heterocycles. The van der Waals surface area contributed by atoms with Gasteiger partial charge in [0.25, 0.3) is 5.91 Å². The lowest BCUT2D eigenvalue weighted by Gasteiger charge is -2.20. The number of nitrogens with zero attached hydrogens (tertiary/aromatic N) is 1. The first-order valence-electron chi connectivity index (χ1n) is 7.38. The second-order valence-corrected chi connectivity index (χ2v) is 5.84. The van der Waals surface area contributed by atoms with Crippen LogP contribution in [0.2, 0.25) is 0 Å². The molecule has 1 heterocycles. The molecule has 0 unspecified atom stereocenters. The number of methoxy groups -OCH3 is 2. The predicted molar refractivity (Wildman–Crippen MR) is 86.9 cm³/mol. The molecule has 0 saturated carbocycles. The molecule has 2 rings (SSSR count). The third-order valence-corrected chi connectivity index (χ3v) is 3.71. The SMILES string of the molecule is COC[C@@]1(C)NC(=O)N(CC(=O)Nc2cc(C)ccc2OC)C1=O. The number of carbonyl (C=O) groups excluding carboxylic acids is 3. The van der Waals surface area contributed by atoms with Crippen molar-refractivity contribution < 1.29 is 23.9 Å². The molecule has 1 aromatic rings. The monoisotopic (exact) mass is 335 g/mol. The van der Waals surface area contributed by atoms with E-state index in [1.807, 2.05) is 13.0 Å². The molecular weight excluding hydrogens is 314 g/mol. The topological polar surface area (TPSA) is 97.0 Å². The van der Waals surface area contributed by atoms with Crippen molar-refractivity contribution in [1.29, 1.82) is 0 Å². The highest BCUT2D eigenvalue weighted by molar-refractivity contribution is 6.10. The molecule has 1 aromatic carbocycles. The van der Waals surface area contributed by atoms with E-state index in [-0.39, 0.29) is 13.2 Å². The van der Waals surface area contributed by atoms with E-state index in [4.69, 9.17) is 9.47 Å². The third-order valence-electron chi connectivity index (χ3n) is 3.71. The highest BCUT2D eigenvalue weighted by Gasteiger charge is 2.48. The van der Waals surface area contributed by atoms with Crippen LogP contribution in [-0.4, -0.2) is 55.7 Å². The van der Waals surface area contributed by atoms with Crippen molar-refractivity contribution in [1.82, 2.24) is 10.2 Å². The maximum atomic E-state index is 12.4. The highest BCUT2D eigenvalue weighted by atomic mass is 16.5. The summed E-state index contributed by atoms with van der Waals surface area (Å²) in [6.45, 7) is 3.07. The molecular formula is C16H21N3O5. The summed E-state index contributed by atoms with van der Waals surface area (Å²) in [5.74, 6) is -0.500. The summed E-state index contributed by atoms with van der Waals surface area (Å²) in [5.41, 5.74) is 0.260. The molecule has 2 N–H and O–H groups in total. The normalized spacial score (nSPS) is 20.1. The van der Waals surface area contributed by atoms with Crippen molar-refractivity contribution in [2.75, 3.05) is 32.7 Å². The van der Waals surface area contributed by atoms with Crippen LogP contribution in [0.15, 0.2) is 18.2 Å². The number of urea groups is 1. The van der Waals surface area contributed by atoms with Crippen LogP contribution in [0.3, 0.4) is 0 Å². The first-order chi connectivity index (χ1) is 11.3. The molecule has 8 nitrogen and oxygen atoms in total.